The van der Waals surface area contributed by atoms with E-state index in [0.29, 0.717) is 11.7 Å². The summed E-state index contributed by atoms with van der Waals surface area (Å²) in [5, 5.41) is 0. The molecular weight excluding hydrogens is 304 g/mol. The standard InChI is InChI=1S/C19H28N2OS/c1-15-7-8-16(2)18(13-15)23-14-19(22)21-11-9-20(10-12-21)17-5-3-4-6-17/h7-8,13,17H,3-6,9-12,14H2,1-2H3. The van der Waals surface area contributed by atoms with Gasteiger partial charge in [-0.15, -0.1) is 11.8 Å². The van der Waals surface area contributed by atoms with Gasteiger partial charge in [0, 0.05) is 37.1 Å². The van der Waals surface area contributed by atoms with Crippen LogP contribution in [0, 0.1) is 13.8 Å². The van der Waals surface area contributed by atoms with Gasteiger partial charge in [-0.05, 0) is 38.3 Å². The number of aryl methyl sites for hydroxylation is 2. The number of nitrogens with zero attached hydrogens (tertiary/aromatic N) is 2. The first-order valence-corrected chi connectivity index (χ1v) is 9.84. The summed E-state index contributed by atoms with van der Waals surface area (Å²) in [6.45, 7) is 8.15. The molecule has 3 rings (SSSR count). The van der Waals surface area contributed by atoms with Crippen LogP contribution in [0.4, 0.5) is 0 Å². The lowest BCUT2D eigenvalue weighted by Crippen LogP contribution is -2.51. The highest BCUT2D eigenvalue weighted by molar-refractivity contribution is 8.00. The third kappa shape index (κ3) is 4.30. The number of piperazine rings is 1. The van der Waals surface area contributed by atoms with Gasteiger partial charge in [0.15, 0.2) is 0 Å². The fraction of sp³-hybridized carbons (Fsp3) is 0.632. The quantitative estimate of drug-likeness (QED) is 0.789. The molecule has 0 unspecified atom stereocenters. The average Bonchev–Trinajstić information content (AvgIpc) is 3.10. The van der Waals surface area contributed by atoms with Crippen molar-refractivity contribution in [2.45, 2.75) is 50.5 Å². The Morgan fingerprint density at radius 1 is 1.13 bits per heavy atom. The van der Waals surface area contributed by atoms with Crippen LogP contribution in [-0.4, -0.2) is 53.7 Å². The lowest BCUT2D eigenvalue weighted by atomic mass is 10.2. The molecule has 0 radical (unpaired) electrons. The minimum absolute atomic E-state index is 0.293. The van der Waals surface area contributed by atoms with E-state index in [-0.39, 0.29) is 0 Å². The molecule has 1 aliphatic carbocycles. The predicted octanol–water partition coefficient (Wildman–Crippen LogP) is 3.48. The van der Waals surface area contributed by atoms with Crippen molar-refractivity contribution < 1.29 is 4.79 Å². The molecule has 1 amide bonds. The number of hydrogen-bond donors (Lipinski definition) is 0. The van der Waals surface area contributed by atoms with Gasteiger partial charge in [-0.3, -0.25) is 9.69 Å². The van der Waals surface area contributed by atoms with Gasteiger partial charge in [0.05, 0.1) is 5.75 Å². The van der Waals surface area contributed by atoms with Gasteiger partial charge in [0.2, 0.25) is 5.91 Å². The Balaban J connectivity index is 1.47. The van der Waals surface area contributed by atoms with Crippen LogP contribution in [0.5, 0.6) is 0 Å². The molecule has 23 heavy (non-hydrogen) atoms. The van der Waals surface area contributed by atoms with E-state index < -0.39 is 0 Å². The second-order valence-electron chi connectivity index (χ2n) is 6.91. The third-order valence-corrected chi connectivity index (χ3v) is 6.34. The number of amides is 1. The van der Waals surface area contributed by atoms with E-state index in [1.807, 2.05) is 0 Å². The van der Waals surface area contributed by atoms with E-state index >= 15 is 0 Å². The van der Waals surface area contributed by atoms with Crippen LogP contribution < -0.4 is 0 Å². The molecule has 4 heteroatoms. The lowest BCUT2D eigenvalue weighted by molar-refractivity contribution is -0.130. The summed E-state index contributed by atoms with van der Waals surface area (Å²) >= 11 is 1.68. The molecule has 0 spiro atoms. The second-order valence-corrected chi connectivity index (χ2v) is 7.93. The predicted molar refractivity (Wildman–Crippen MR) is 97.0 cm³/mol. The van der Waals surface area contributed by atoms with Crippen molar-refractivity contribution in [3.05, 3.63) is 29.3 Å². The van der Waals surface area contributed by atoms with E-state index in [1.165, 1.54) is 41.7 Å². The van der Waals surface area contributed by atoms with E-state index in [0.717, 1.165) is 32.2 Å². The van der Waals surface area contributed by atoms with Gasteiger partial charge in [-0.1, -0.05) is 30.5 Å². The Labute approximate surface area is 144 Å². The summed E-state index contributed by atoms with van der Waals surface area (Å²) in [5.74, 6) is 0.857. The molecule has 1 saturated carbocycles. The lowest BCUT2D eigenvalue weighted by Gasteiger charge is -2.38. The van der Waals surface area contributed by atoms with Crippen LogP contribution in [0.3, 0.4) is 0 Å². The highest BCUT2D eigenvalue weighted by atomic mass is 32.2. The van der Waals surface area contributed by atoms with Crippen LogP contribution in [0.25, 0.3) is 0 Å². The Morgan fingerprint density at radius 2 is 1.83 bits per heavy atom. The fourth-order valence-electron chi connectivity index (χ4n) is 3.70. The maximum Gasteiger partial charge on any atom is 0.233 e. The van der Waals surface area contributed by atoms with Crippen molar-refractivity contribution in [2.75, 3.05) is 31.9 Å². The zero-order chi connectivity index (χ0) is 16.2. The molecule has 0 bridgehead atoms. The third-order valence-electron chi connectivity index (χ3n) is 5.20. The molecular formula is C19H28N2OS. The molecule has 1 saturated heterocycles. The summed E-state index contributed by atoms with van der Waals surface area (Å²) in [7, 11) is 0. The number of benzene rings is 1. The number of carbonyl (C=O) groups excluding carboxylic acids is 1. The van der Waals surface area contributed by atoms with E-state index in [1.54, 1.807) is 11.8 Å². The molecule has 1 aromatic rings. The second kappa shape index (κ2) is 7.71. The Morgan fingerprint density at radius 3 is 2.52 bits per heavy atom. The van der Waals surface area contributed by atoms with E-state index in [9.17, 15) is 4.79 Å². The Hall–Kier alpha value is -1.00. The van der Waals surface area contributed by atoms with Crippen molar-refractivity contribution in [1.82, 2.24) is 9.80 Å². The van der Waals surface area contributed by atoms with Gasteiger partial charge in [0.1, 0.15) is 0 Å². The van der Waals surface area contributed by atoms with Crippen LogP contribution in [-0.2, 0) is 4.79 Å². The number of hydrogen-bond acceptors (Lipinski definition) is 3. The van der Waals surface area contributed by atoms with E-state index in [2.05, 4.69) is 41.8 Å². The first-order valence-electron chi connectivity index (χ1n) is 8.85. The van der Waals surface area contributed by atoms with Crippen molar-refractivity contribution in [3.63, 3.8) is 0 Å². The average molecular weight is 333 g/mol. The maximum absolute atomic E-state index is 12.5. The highest BCUT2D eigenvalue weighted by Gasteiger charge is 2.27. The largest absolute Gasteiger partial charge is 0.339 e. The molecule has 0 aromatic heterocycles. The molecule has 3 nitrogen and oxygen atoms in total. The normalized spacial score (nSPS) is 20.2. The SMILES string of the molecule is Cc1ccc(C)c(SCC(=O)N2CCN(C3CCCC3)CC2)c1. The summed E-state index contributed by atoms with van der Waals surface area (Å²) in [6.07, 6.45) is 5.49. The van der Waals surface area contributed by atoms with Gasteiger partial charge < -0.3 is 4.90 Å². The molecule has 2 fully saturated rings. The van der Waals surface area contributed by atoms with Gasteiger partial charge in [0.25, 0.3) is 0 Å². The van der Waals surface area contributed by atoms with Crippen molar-refractivity contribution in [1.29, 1.82) is 0 Å². The van der Waals surface area contributed by atoms with Crippen molar-refractivity contribution >= 4 is 17.7 Å². The summed E-state index contributed by atoms with van der Waals surface area (Å²) < 4.78 is 0. The van der Waals surface area contributed by atoms with Crippen molar-refractivity contribution in [3.8, 4) is 0 Å². The number of thioether (sulfide) groups is 1. The molecule has 2 aliphatic rings. The molecule has 1 heterocycles. The topological polar surface area (TPSA) is 23.6 Å². The molecule has 0 N–H and O–H groups in total. The fourth-order valence-corrected chi connectivity index (χ4v) is 4.73. The van der Waals surface area contributed by atoms with Crippen LogP contribution >= 0.6 is 11.8 Å². The van der Waals surface area contributed by atoms with Gasteiger partial charge in [-0.2, -0.15) is 0 Å². The first-order chi connectivity index (χ1) is 11.1. The minimum Gasteiger partial charge on any atom is -0.339 e. The first kappa shape index (κ1) is 16.8. The molecule has 1 aliphatic heterocycles. The highest BCUT2D eigenvalue weighted by Crippen LogP contribution is 2.26. The zero-order valence-corrected chi connectivity index (χ0v) is 15.2. The minimum atomic E-state index is 0.293. The van der Waals surface area contributed by atoms with E-state index in [4.69, 9.17) is 0 Å². The molecule has 0 atom stereocenters. The number of carbonyl (C=O) groups is 1. The van der Waals surface area contributed by atoms with Crippen LogP contribution in [0.15, 0.2) is 23.1 Å². The monoisotopic (exact) mass is 332 g/mol. The zero-order valence-electron chi connectivity index (χ0n) is 14.4. The summed E-state index contributed by atoms with van der Waals surface area (Å²) in [6, 6.07) is 7.24. The molecule has 1 aromatic carbocycles. The van der Waals surface area contributed by atoms with Gasteiger partial charge >= 0.3 is 0 Å². The molecule has 126 valence electrons. The Kier molecular flexibility index (Phi) is 5.65. The maximum atomic E-state index is 12.5. The number of rotatable bonds is 4. The Bertz CT molecular complexity index is 546. The van der Waals surface area contributed by atoms with Crippen LogP contribution in [0.2, 0.25) is 0 Å². The van der Waals surface area contributed by atoms with Gasteiger partial charge in [-0.25, -0.2) is 0 Å². The van der Waals surface area contributed by atoms with Crippen molar-refractivity contribution in [2.24, 2.45) is 0 Å². The summed E-state index contributed by atoms with van der Waals surface area (Å²) in [4.78, 5) is 18.4. The summed E-state index contributed by atoms with van der Waals surface area (Å²) in [5.41, 5.74) is 2.52. The van der Waals surface area contributed by atoms with Crippen LogP contribution in [0.1, 0.15) is 36.8 Å². The smallest absolute Gasteiger partial charge is 0.233 e.